The highest BCUT2D eigenvalue weighted by Crippen LogP contribution is 2.24. The lowest BCUT2D eigenvalue weighted by atomic mass is 10.1. The molecule has 3 aromatic heterocycles. The van der Waals surface area contributed by atoms with E-state index in [2.05, 4.69) is 37.5 Å². The van der Waals surface area contributed by atoms with Crippen LogP contribution in [0.15, 0.2) is 59.5 Å². The molecule has 0 saturated carbocycles. The van der Waals surface area contributed by atoms with Gasteiger partial charge in [0.15, 0.2) is 11.4 Å². The normalized spacial score (nSPS) is 14.2. The number of carbonyl (C=O) groups is 2. The van der Waals surface area contributed by atoms with Crippen LogP contribution < -0.4 is 10.6 Å². The molecular weight excluding hydrogens is 553 g/mol. The summed E-state index contributed by atoms with van der Waals surface area (Å²) in [5.41, 5.74) is 2.39. The van der Waals surface area contributed by atoms with Crippen LogP contribution in [-0.4, -0.2) is 87.3 Å². The molecule has 0 radical (unpaired) electrons. The van der Waals surface area contributed by atoms with Crippen LogP contribution in [0.1, 0.15) is 33.5 Å². The van der Waals surface area contributed by atoms with E-state index in [0.29, 0.717) is 18.7 Å². The van der Waals surface area contributed by atoms with Crippen LogP contribution >= 0.6 is 0 Å². The number of nitrogens with zero attached hydrogens (tertiary/aromatic N) is 6. The predicted molar refractivity (Wildman–Crippen MR) is 149 cm³/mol. The van der Waals surface area contributed by atoms with E-state index in [9.17, 15) is 22.8 Å². The van der Waals surface area contributed by atoms with Crippen LogP contribution in [0.4, 0.5) is 24.7 Å². The summed E-state index contributed by atoms with van der Waals surface area (Å²) in [7, 11) is 1.99. The maximum Gasteiger partial charge on any atom is 0.405 e. The van der Waals surface area contributed by atoms with Crippen LogP contribution in [0.25, 0.3) is 17.1 Å². The SMILES string of the molecule is CCc1ccc(-n2cc(NC(=O)c3coc(-c4ccnc(NCC(F)(F)F)c4)n3)c(C(=O)N3CCN(C)CC3)n2)cc1. The van der Waals surface area contributed by atoms with Crippen molar-refractivity contribution in [1.29, 1.82) is 0 Å². The summed E-state index contributed by atoms with van der Waals surface area (Å²) in [5, 5.41) is 9.45. The molecule has 1 fully saturated rings. The van der Waals surface area contributed by atoms with Crippen molar-refractivity contribution in [2.75, 3.05) is 50.4 Å². The Morgan fingerprint density at radius 3 is 2.50 bits per heavy atom. The molecule has 4 aromatic rings. The molecule has 1 aromatic carbocycles. The maximum atomic E-state index is 13.5. The Kier molecular flexibility index (Phi) is 8.24. The van der Waals surface area contributed by atoms with Crippen molar-refractivity contribution >= 4 is 23.3 Å². The average molecular weight is 583 g/mol. The fourth-order valence-electron chi connectivity index (χ4n) is 4.35. The van der Waals surface area contributed by atoms with E-state index >= 15 is 0 Å². The minimum absolute atomic E-state index is 0.0121. The van der Waals surface area contributed by atoms with Gasteiger partial charge in [0.2, 0.25) is 5.89 Å². The Hall–Kier alpha value is -4.72. The van der Waals surface area contributed by atoms with Gasteiger partial charge in [0, 0.05) is 37.9 Å². The molecule has 0 spiro atoms. The molecule has 0 aliphatic carbocycles. The van der Waals surface area contributed by atoms with Crippen molar-refractivity contribution in [1.82, 2.24) is 29.5 Å². The van der Waals surface area contributed by atoms with Gasteiger partial charge in [-0.05, 0) is 43.3 Å². The van der Waals surface area contributed by atoms with Crippen molar-refractivity contribution < 1.29 is 27.2 Å². The highest BCUT2D eigenvalue weighted by Gasteiger charge is 2.28. The van der Waals surface area contributed by atoms with Gasteiger partial charge < -0.3 is 24.9 Å². The van der Waals surface area contributed by atoms with Crippen LogP contribution in [0.5, 0.6) is 0 Å². The number of carbonyl (C=O) groups excluding carboxylic acids is 2. The Bertz CT molecular complexity index is 1560. The van der Waals surface area contributed by atoms with E-state index in [-0.39, 0.29) is 34.7 Å². The first kappa shape index (κ1) is 28.8. The summed E-state index contributed by atoms with van der Waals surface area (Å²) >= 11 is 0. The number of oxazole rings is 1. The summed E-state index contributed by atoms with van der Waals surface area (Å²) in [6.45, 7) is 3.29. The summed E-state index contributed by atoms with van der Waals surface area (Å²) in [6.07, 6.45) is 0.464. The Balaban J connectivity index is 1.38. The molecule has 220 valence electrons. The zero-order valence-electron chi connectivity index (χ0n) is 23.0. The van der Waals surface area contributed by atoms with Gasteiger partial charge >= 0.3 is 6.18 Å². The topological polar surface area (TPSA) is 121 Å². The van der Waals surface area contributed by atoms with E-state index < -0.39 is 18.6 Å². The second-order valence-electron chi connectivity index (χ2n) is 9.84. The third kappa shape index (κ3) is 6.77. The van der Waals surface area contributed by atoms with Gasteiger partial charge in [0.1, 0.15) is 18.6 Å². The molecule has 14 heteroatoms. The summed E-state index contributed by atoms with van der Waals surface area (Å²) in [5.74, 6) is -0.972. The third-order valence-corrected chi connectivity index (χ3v) is 6.78. The Morgan fingerprint density at radius 2 is 1.81 bits per heavy atom. The standard InChI is InChI=1S/C28H29F3N8O3/c1-3-18-4-6-20(7-5-18)39-15-21(24(36-39)27(41)38-12-10-37(2)11-13-38)34-25(40)22-16-42-26(35-22)19-8-9-32-23(14-19)33-17-28(29,30)31/h4-9,14-16H,3,10-13,17H2,1-2H3,(H,32,33)(H,34,40). The quantitative estimate of drug-likeness (QED) is 0.319. The maximum absolute atomic E-state index is 13.5. The number of alkyl halides is 3. The second kappa shape index (κ2) is 12.0. The molecule has 42 heavy (non-hydrogen) atoms. The van der Waals surface area contributed by atoms with Gasteiger partial charge in [-0.2, -0.15) is 18.3 Å². The van der Waals surface area contributed by atoms with Crippen molar-refractivity contribution in [2.45, 2.75) is 19.5 Å². The molecule has 0 atom stereocenters. The van der Waals surface area contributed by atoms with Crippen molar-refractivity contribution in [3.63, 3.8) is 0 Å². The van der Waals surface area contributed by atoms with Crippen molar-refractivity contribution in [3.05, 3.63) is 72.0 Å². The molecule has 1 aliphatic rings. The molecule has 2 N–H and O–H groups in total. The van der Waals surface area contributed by atoms with Crippen molar-refractivity contribution in [3.8, 4) is 17.1 Å². The van der Waals surface area contributed by atoms with E-state index in [1.165, 1.54) is 18.3 Å². The molecule has 11 nitrogen and oxygen atoms in total. The van der Waals surface area contributed by atoms with Crippen molar-refractivity contribution in [2.24, 2.45) is 0 Å². The number of anilines is 2. The summed E-state index contributed by atoms with van der Waals surface area (Å²) in [4.78, 5) is 38.6. The number of pyridine rings is 1. The zero-order valence-corrected chi connectivity index (χ0v) is 23.0. The van der Waals surface area contributed by atoms with Gasteiger partial charge in [-0.3, -0.25) is 9.59 Å². The van der Waals surface area contributed by atoms with Crippen LogP contribution in [0.2, 0.25) is 0 Å². The minimum Gasteiger partial charge on any atom is -0.444 e. The number of aromatic nitrogens is 4. The molecule has 4 heterocycles. The molecule has 0 unspecified atom stereocenters. The number of halogens is 3. The highest BCUT2D eigenvalue weighted by molar-refractivity contribution is 6.07. The molecule has 0 bridgehead atoms. The largest absolute Gasteiger partial charge is 0.444 e. The number of hydrogen-bond acceptors (Lipinski definition) is 8. The van der Waals surface area contributed by atoms with Crippen LogP contribution in [0, 0.1) is 0 Å². The first-order valence-electron chi connectivity index (χ1n) is 13.3. The van der Waals surface area contributed by atoms with E-state index in [4.69, 9.17) is 4.42 Å². The fraction of sp³-hybridized carbons (Fsp3) is 0.321. The number of amides is 2. The van der Waals surface area contributed by atoms with Crippen LogP contribution in [-0.2, 0) is 6.42 Å². The van der Waals surface area contributed by atoms with E-state index in [1.54, 1.807) is 15.8 Å². The molecule has 2 amide bonds. The molecule has 5 rings (SSSR count). The monoisotopic (exact) mass is 582 g/mol. The lowest BCUT2D eigenvalue weighted by Gasteiger charge is -2.32. The Morgan fingerprint density at radius 1 is 1.07 bits per heavy atom. The fourth-order valence-corrected chi connectivity index (χ4v) is 4.35. The van der Waals surface area contributed by atoms with Gasteiger partial charge in [0.25, 0.3) is 11.8 Å². The lowest BCUT2D eigenvalue weighted by molar-refractivity contribution is -0.115. The summed E-state index contributed by atoms with van der Waals surface area (Å²) < 4.78 is 44.7. The third-order valence-electron chi connectivity index (χ3n) is 6.78. The van der Waals surface area contributed by atoms with Gasteiger partial charge in [-0.25, -0.2) is 14.6 Å². The van der Waals surface area contributed by atoms with E-state index in [1.807, 2.05) is 31.3 Å². The zero-order chi connectivity index (χ0) is 29.9. The van der Waals surface area contributed by atoms with Gasteiger partial charge in [0.05, 0.1) is 17.6 Å². The molecular formula is C28H29F3N8O3. The van der Waals surface area contributed by atoms with Crippen LogP contribution in [0.3, 0.4) is 0 Å². The molecule has 1 saturated heterocycles. The minimum atomic E-state index is -4.41. The number of nitrogens with one attached hydrogen (secondary N) is 2. The second-order valence-corrected chi connectivity index (χ2v) is 9.84. The lowest BCUT2D eigenvalue weighted by Crippen LogP contribution is -2.47. The number of benzene rings is 1. The van der Waals surface area contributed by atoms with E-state index in [0.717, 1.165) is 37.0 Å². The number of hydrogen-bond donors (Lipinski definition) is 2. The Labute approximate surface area is 239 Å². The average Bonchev–Trinajstić information content (AvgIpc) is 3.64. The first-order chi connectivity index (χ1) is 20.1. The van der Waals surface area contributed by atoms with Gasteiger partial charge in [-0.15, -0.1) is 0 Å². The smallest absolute Gasteiger partial charge is 0.405 e. The predicted octanol–water partition coefficient (Wildman–Crippen LogP) is 4.10. The first-order valence-corrected chi connectivity index (χ1v) is 13.3. The number of likely N-dealkylation sites (N-methyl/N-ethyl adjacent to an activating group) is 1. The number of piperazine rings is 1. The number of aryl methyl sites for hydroxylation is 1. The highest BCUT2D eigenvalue weighted by atomic mass is 19.4. The van der Waals surface area contributed by atoms with Gasteiger partial charge in [-0.1, -0.05) is 19.1 Å². The summed E-state index contributed by atoms with van der Waals surface area (Å²) in [6, 6.07) is 10.5. The molecule has 1 aliphatic heterocycles. The number of rotatable bonds is 8.